The summed E-state index contributed by atoms with van der Waals surface area (Å²) in [7, 11) is 0. The summed E-state index contributed by atoms with van der Waals surface area (Å²) in [4.78, 5) is 11.6. The van der Waals surface area contributed by atoms with Gasteiger partial charge in [-0.2, -0.15) is 8.78 Å². The number of halogens is 2. The molecule has 0 atom stereocenters. The summed E-state index contributed by atoms with van der Waals surface area (Å²) in [6.45, 7) is 5.51. The lowest BCUT2D eigenvalue weighted by molar-refractivity contribution is -0.185. The maximum Gasteiger partial charge on any atom is 0.426 e. The Bertz CT molecular complexity index is 973. The number of hydrogen-bond donors (Lipinski definition) is 0. The van der Waals surface area contributed by atoms with Crippen molar-refractivity contribution in [3.8, 4) is 16.9 Å². The Labute approximate surface area is 169 Å². The standard InChI is InChI=1S/C25H22F2O2/c1-3-5-18-6-14-22(15-7-18)25(26,27)29-23-16-12-20(13-17-23)19-8-10-21(11-9-19)24(28)4-2/h4,6-17H,2-3,5H2,1H3. The van der Waals surface area contributed by atoms with E-state index in [0.717, 1.165) is 29.5 Å². The molecule has 3 rings (SSSR count). The monoisotopic (exact) mass is 392 g/mol. The molecule has 0 unspecified atom stereocenters. The van der Waals surface area contributed by atoms with Gasteiger partial charge in [-0.1, -0.05) is 68.5 Å². The first kappa shape index (κ1) is 20.5. The Morgan fingerprint density at radius 3 is 2.00 bits per heavy atom. The van der Waals surface area contributed by atoms with Crippen LogP contribution in [0.15, 0.2) is 85.5 Å². The van der Waals surface area contributed by atoms with Crippen molar-refractivity contribution in [1.82, 2.24) is 0 Å². The lowest BCUT2D eigenvalue weighted by Crippen LogP contribution is -2.21. The highest BCUT2D eigenvalue weighted by Gasteiger charge is 2.34. The summed E-state index contributed by atoms with van der Waals surface area (Å²) in [5.41, 5.74) is 3.10. The molecule has 3 aromatic carbocycles. The molecule has 0 fully saturated rings. The fraction of sp³-hybridized carbons (Fsp3) is 0.160. The highest BCUT2D eigenvalue weighted by molar-refractivity contribution is 6.04. The molecule has 0 heterocycles. The predicted molar refractivity (Wildman–Crippen MR) is 111 cm³/mol. The van der Waals surface area contributed by atoms with Gasteiger partial charge in [-0.3, -0.25) is 4.79 Å². The van der Waals surface area contributed by atoms with Crippen LogP contribution < -0.4 is 4.74 Å². The SMILES string of the molecule is C=CC(=O)c1ccc(-c2ccc(OC(F)(F)c3ccc(CCC)cc3)cc2)cc1. The van der Waals surface area contributed by atoms with Gasteiger partial charge in [-0.15, -0.1) is 0 Å². The third kappa shape index (κ3) is 4.96. The average Bonchev–Trinajstić information content (AvgIpc) is 2.74. The number of carbonyl (C=O) groups is 1. The lowest BCUT2D eigenvalue weighted by atomic mass is 10.0. The van der Waals surface area contributed by atoms with Crippen LogP contribution in [0, 0.1) is 0 Å². The van der Waals surface area contributed by atoms with E-state index >= 15 is 0 Å². The number of ether oxygens (including phenoxy) is 1. The van der Waals surface area contributed by atoms with Crippen molar-refractivity contribution in [3.63, 3.8) is 0 Å². The van der Waals surface area contributed by atoms with Crippen molar-refractivity contribution < 1.29 is 18.3 Å². The van der Waals surface area contributed by atoms with Gasteiger partial charge in [0.1, 0.15) is 5.75 Å². The molecule has 0 bridgehead atoms. The number of aryl methyl sites for hydroxylation is 1. The van der Waals surface area contributed by atoms with Crippen molar-refractivity contribution in [3.05, 3.63) is 102 Å². The molecule has 0 spiro atoms. The highest BCUT2D eigenvalue weighted by Crippen LogP contribution is 2.33. The molecule has 0 saturated carbocycles. The van der Waals surface area contributed by atoms with E-state index in [1.165, 1.54) is 30.3 Å². The topological polar surface area (TPSA) is 26.3 Å². The molecular formula is C25H22F2O2. The number of ketones is 1. The normalized spacial score (nSPS) is 11.1. The lowest BCUT2D eigenvalue weighted by Gasteiger charge is -2.19. The van der Waals surface area contributed by atoms with Gasteiger partial charge in [0.15, 0.2) is 5.78 Å². The van der Waals surface area contributed by atoms with E-state index in [-0.39, 0.29) is 17.1 Å². The predicted octanol–water partition coefficient (Wildman–Crippen LogP) is 6.80. The second kappa shape index (κ2) is 8.82. The second-order valence-electron chi connectivity index (χ2n) is 6.74. The summed E-state index contributed by atoms with van der Waals surface area (Å²) in [5, 5.41) is 0. The minimum atomic E-state index is -3.42. The van der Waals surface area contributed by atoms with Gasteiger partial charge in [0.05, 0.1) is 5.56 Å². The van der Waals surface area contributed by atoms with Crippen LogP contribution in [0.2, 0.25) is 0 Å². The number of alkyl halides is 2. The minimum absolute atomic E-state index is 0.0786. The number of benzene rings is 3. The van der Waals surface area contributed by atoms with Gasteiger partial charge in [-0.05, 0) is 53.5 Å². The first-order valence-corrected chi connectivity index (χ1v) is 9.46. The summed E-state index contributed by atoms with van der Waals surface area (Å²) in [6, 6.07) is 19.7. The van der Waals surface area contributed by atoms with Crippen LogP contribution in [0.25, 0.3) is 11.1 Å². The van der Waals surface area contributed by atoms with E-state index in [0.29, 0.717) is 5.56 Å². The third-order valence-electron chi connectivity index (χ3n) is 4.62. The molecule has 0 aliphatic rings. The fourth-order valence-corrected chi connectivity index (χ4v) is 3.02. The number of carbonyl (C=O) groups excluding carboxylic acids is 1. The molecule has 2 nitrogen and oxygen atoms in total. The Hall–Kier alpha value is -3.27. The summed E-state index contributed by atoms with van der Waals surface area (Å²) >= 11 is 0. The Morgan fingerprint density at radius 2 is 1.48 bits per heavy atom. The highest BCUT2D eigenvalue weighted by atomic mass is 19.3. The van der Waals surface area contributed by atoms with Gasteiger partial charge in [0.25, 0.3) is 0 Å². The molecule has 0 radical (unpaired) electrons. The summed E-state index contributed by atoms with van der Waals surface area (Å²) in [5.74, 6) is -0.0694. The molecule has 0 aliphatic carbocycles. The van der Waals surface area contributed by atoms with Crippen molar-refractivity contribution in [1.29, 1.82) is 0 Å². The molecular weight excluding hydrogens is 370 g/mol. The number of allylic oxidation sites excluding steroid dienone is 1. The van der Waals surface area contributed by atoms with Crippen LogP contribution in [0.1, 0.15) is 34.8 Å². The Morgan fingerprint density at radius 1 is 0.931 bits per heavy atom. The zero-order valence-corrected chi connectivity index (χ0v) is 16.2. The van der Waals surface area contributed by atoms with E-state index in [4.69, 9.17) is 4.74 Å². The Balaban J connectivity index is 1.72. The number of hydrogen-bond acceptors (Lipinski definition) is 2. The molecule has 4 heteroatoms. The molecule has 148 valence electrons. The van der Waals surface area contributed by atoms with Crippen molar-refractivity contribution >= 4 is 5.78 Å². The van der Waals surface area contributed by atoms with Gasteiger partial charge < -0.3 is 4.74 Å². The van der Waals surface area contributed by atoms with Crippen LogP contribution in [-0.2, 0) is 12.5 Å². The molecule has 0 aromatic heterocycles. The Kier molecular flexibility index (Phi) is 6.23. The van der Waals surface area contributed by atoms with Crippen LogP contribution >= 0.6 is 0 Å². The first-order chi connectivity index (χ1) is 13.9. The van der Waals surface area contributed by atoms with Crippen LogP contribution in [-0.4, -0.2) is 5.78 Å². The zero-order valence-electron chi connectivity index (χ0n) is 16.2. The summed E-state index contributed by atoms with van der Waals surface area (Å²) in [6.07, 6.45) is -0.333. The largest absolute Gasteiger partial charge is 0.429 e. The molecule has 0 amide bonds. The van der Waals surface area contributed by atoms with E-state index in [2.05, 4.69) is 6.58 Å². The average molecular weight is 392 g/mol. The molecule has 0 aliphatic heterocycles. The van der Waals surface area contributed by atoms with Crippen LogP contribution in [0.4, 0.5) is 8.78 Å². The summed E-state index contributed by atoms with van der Waals surface area (Å²) < 4.78 is 33.9. The van der Waals surface area contributed by atoms with Crippen molar-refractivity contribution in [2.45, 2.75) is 25.9 Å². The first-order valence-electron chi connectivity index (χ1n) is 9.46. The van der Waals surface area contributed by atoms with Crippen molar-refractivity contribution in [2.24, 2.45) is 0 Å². The van der Waals surface area contributed by atoms with Crippen molar-refractivity contribution in [2.75, 3.05) is 0 Å². The minimum Gasteiger partial charge on any atom is -0.429 e. The maximum absolute atomic E-state index is 14.5. The van der Waals surface area contributed by atoms with E-state index < -0.39 is 6.11 Å². The van der Waals surface area contributed by atoms with Gasteiger partial charge >= 0.3 is 6.11 Å². The van der Waals surface area contributed by atoms with Gasteiger partial charge in [0.2, 0.25) is 0 Å². The van der Waals surface area contributed by atoms with E-state index in [1.807, 2.05) is 6.92 Å². The molecule has 3 aromatic rings. The third-order valence-corrected chi connectivity index (χ3v) is 4.62. The fourth-order valence-electron chi connectivity index (χ4n) is 3.02. The smallest absolute Gasteiger partial charge is 0.426 e. The molecule has 29 heavy (non-hydrogen) atoms. The van der Waals surface area contributed by atoms with Crippen LogP contribution in [0.3, 0.4) is 0 Å². The zero-order chi connectivity index (χ0) is 20.9. The molecule has 0 saturated heterocycles. The van der Waals surface area contributed by atoms with Crippen LogP contribution in [0.5, 0.6) is 5.75 Å². The maximum atomic E-state index is 14.5. The quantitative estimate of drug-likeness (QED) is 0.311. The van der Waals surface area contributed by atoms with Gasteiger partial charge in [-0.25, -0.2) is 0 Å². The van der Waals surface area contributed by atoms with E-state index in [9.17, 15) is 13.6 Å². The second-order valence-corrected chi connectivity index (χ2v) is 6.74. The van der Waals surface area contributed by atoms with Gasteiger partial charge in [0, 0.05) is 5.56 Å². The van der Waals surface area contributed by atoms with E-state index in [1.54, 1.807) is 48.5 Å². The molecule has 0 N–H and O–H groups in total. The number of rotatable bonds is 8.